The van der Waals surface area contributed by atoms with Crippen LogP contribution < -0.4 is 5.73 Å². The second-order valence-electron chi connectivity index (χ2n) is 2.95. The van der Waals surface area contributed by atoms with Crippen molar-refractivity contribution in [2.24, 2.45) is 0 Å². The molecule has 0 radical (unpaired) electrons. The average molecular weight is 380 g/mol. The molecule has 1 nitrogen and oxygen atoms in total. The quantitative estimate of drug-likeness (QED) is 0.659. The number of nitrogens with two attached hydrogens (primary N) is 1. The second-order valence-corrected chi connectivity index (χ2v) is 5.51. The summed E-state index contributed by atoms with van der Waals surface area (Å²) in [5.41, 5.74) is 6.62. The molecule has 2 N–H and O–H groups in total. The fourth-order valence-corrected chi connectivity index (χ4v) is 2.98. The van der Waals surface area contributed by atoms with Crippen molar-refractivity contribution in [2.75, 3.05) is 5.73 Å². The minimum Gasteiger partial charge on any atom is -0.397 e. The van der Waals surface area contributed by atoms with Crippen LogP contribution in [0.3, 0.4) is 0 Å². The number of rotatable bonds is 0. The van der Waals surface area contributed by atoms with Gasteiger partial charge in [-0.15, -0.1) is 0 Å². The summed E-state index contributed by atoms with van der Waals surface area (Å²) < 4.78 is 2.91. The molecule has 0 unspecified atom stereocenters. The topological polar surface area (TPSA) is 26.0 Å². The smallest absolute Gasteiger partial charge is 0.0609 e. The number of benzene rings is 2. The molecule has 0 spiro atoms. The highest BCUT2D eigenvalue weighted by molar-refractivity contribution is 9.11. The molecular weight excluding hydrogens is 374 g/mol. The Hall–Kier alpha value is -0.0600. The first kappa shape index (κ1) is 10.5. The van der Waals surface area contributed by atoms with Gasteiger partial charge in [-0.3, -0.25) is 0 Å². The Morgan fingerprint density at radius 3 is 2.43 bits per heavy atom. The van der Waals surface area contributed by atoms with Crippen LogP contribution in [0.4, 0.5) is 5.69 Å². The molecule has 0 aliphatic carbocycles. The second kappa shape index (κ2) is 3.83. The Morgan fingerprint density at radius 1 is 1.00 bits per heavy atom. The lowest BCUT2D eigenvalue weighted by atomic mass is 10.1. The summed E-state index contributed by atoms with van der Waals surface area (Å²) in [5.74, 6) is 0. The lowest BCUT2D eigenvalue weighted by Crippen LogP contribution is -1.89. The molecule has 14 heavy (non-hydrogen) atoms. The molecule has 0 aliphatic rings. The Morgan fingerprint density at radius 2 is 1.71 bits per heavy atom. The number of hydrogen-bond acceptors (Lipinski definition) is 1. The van der Waals surface area contributed by atoms with Crippen LogP contribution in [0, 0.1) is 0 Å². The first-order valence-electron chi connectivity index (χ1n) is 3.92. The zero-order chi connectivity index (χ0) is 10.3. The van der Waals surface area contributed by atoms with E-state index < -0.39 is 0 Å². The van der Waals surface area contributed by atoms with E-state index in [0.717, 1.165) is 29.9 Å². The van der Waals surface area contributed by atoms with Crippen LogP contribution in [-0.2, 0) is 0 Å². The molecule has 0 atom stereocenters. The molecule has 0 amide bonds. The van der Waals surface area contributed by atoms with Gasteiger partial charge in [0.25, 0.3) is 0 Å². The highest BCUT2D eigenvalue weighted by Crippen LogP contribution is 2.36. The maximum absolute atomic E-state index is 5.88. The van der Waals surface area contributed by atoms with Crippen LogP contribution in [-0.4, -0.2) is 0 Å². The summed E-state index contributed by atoms with van der Waals surface area (Å²) in [6, 6.07) is 8.11. The number of nitrogen functional groups attached to an aromatic ring is 1. The number of halogens is 3. The average Bonchev–Trinajstić information content (AvgIpc) is 2.14. The van der Waals surface area contributed by atoms with E-state index in [1.807, 2.05) is 18.2 Å². The van der Waals surface area contributed by atoms with E-state index >= 15 is 0 Å². The third-order valence-corrected chi connectivity index (χ3v) is 4.03. The fourth-order valence-electron chi connectivity index (χ4n) is 1.32. The first-order chi connectivity index (χ1) is 6.59. The minimum absolute atomic E-state index is 0.736. The van der Waals surface area contributed by atoms with Crippen LogP contribution >= 0.6 is 47.8 Å². The number of fused-ring (bicyclic) bond motifs is 1. The highest BCUT2D eigenvalue weighted by atomic mass is 79.9. The Bertz CT molecular complexity index is 508. The maximum atomic E-state index is 5.88. The van der Waals surface area contributed by atoms with Gasteiger partial charge in [-0.2, -0.15) is 0 Å². The van der Waals surface area contributed by atoms with Gasteiger partial charge in [0, 0.05) is 13.4 Å². The Labute approximate surface area is 107 Å². The van der Waals surface area contributed by atoms with Gasteiger partial charge in [-0.25, -0.2) is 0 Å². The van der Waals surface area contributed by atoms with Gasteiger partial charge >= 0.3 is 0 Å². The van der Waals surface area contributed by atoms with Gasteiger partial charge in [0.15, 0.2) is 0 Å². The van der Waals surface area contributed by atoms with Crippen molar-refractivity contribution in [2.45, 2.75) is 0 Å². The molecule has 0 heterocycles. The molecule has 0 fully saturated rings. The lowest BCUT2D eigenvalue weighted by molar-refractivity contribution is 1.62. The predicted octanol–water partition coefficient (Wildman–Crippen LogP) is 4.71. The molecule has 2 aromatic carbocycles. The number of hydrogen-bond donors (Lipinski definition) is 1. The van der Waals surface area contributed by atoms with Crippen LogP contribution in [0.1, 0.15) is 0 Å². The lowest BCUT2D eigenvalue weighted by Gasteiger charge is -2.06. The Kier molecular flexibility index (Phi) is 2.86. The van der Waals surface area contributed by atoms with Crippen LogP contribution in [0.5, 0.6) is 0 Å². The van der Waals surface area contributed by atoms with Crippen molar-refractivity contribution in [1.82, 2.24) is 0 Å². The normalized spacial score (nSPS) is 10.8. The predicted molar refractivity (Wildman–Crippen MR) is 71.5 cm³/mol. The fraction of sp³-hybridized carbons (Fsp3) is 0. The van der Waals surface area contributed by atoms with Crippen molar-refractivity contribution in [3.05, 3.63) is 37.7 Å². The third-order valence-electron chi connectivity index (χ3n) is 2.03. The summed E-state index contributed by atoms with van der Waals surface area (Å²) in [7, 11) is 0. The molecular formula is C10H6Br3N. The molecule has 0 aliphatic heterocycles. The molecule has 0 aromatic heterocycles. The molecule has 4 heteroatoms. The zero-order valence-corrected chi connectivity index (χ0v) is 11.8. The van der Waals surface area contributed by atoms with Gasteiger partial charge in [0.2, 0.25) is 0 Å². The van der Waals surface area contributed by atoms with Crippen LogP contribution in [0.25, 0.3) is 10.8 Å². The van der Waals surface area contributed by atoms with E-state index in [9.17, 15) is 0 Å². The molecule has 0 bridgehead atoms. The minimum atomic E-state index is 0.736. The first-order valence-corrected chi connectivity index (χ1v) is 6.30. The molecule has 0 saturated carbocycles. The molecule has 2 rings (SSSR count). The van der Waals surface area contributed by atoms with E-state index in [2.05, 4.69) is 53.9 Å². The molecule has 0 saturated heterocycles. The van der Waals surface area contributed by atoms with Crippen molar-refractivity contribution in [3.63, 3.8) is 0 Å². The zero-order valence-electron chi connectivity index (χ0n) is 7.02. The van der Waals surface area contributed by atoms with E-state index in [1.54, 1.807) is 0 Å². The van der Waals surface area contributed by atoms with Crippen molar-refractivity contribution in [1.29, 1.82) is 0 Å². The van der Waals surface area contributed by atoms with E-state index in [4.69, 9.17) is 5.73 Å². The highest BCUT2D eigenvalue weighted by Gasteiger charge is 2.06. The maximum Gasteiger partial charge on any atom is 0.0609 e. The summed E-state index contributed by atoms with van der Waals surface area (Å²) in [6.07, 6.45) is 0. The summed E-state index contributed by atoms with van der Waals surface area (Å²) >= 11 is 10.3. The van der Waals surface area contributed by atoms with Crippen molar-refractivity contribution >= 4 is 64.2 Å². The van der Waals surface area contributed by atoms with Gasteiger partial charge in [-0.1, -0.05) is 22.0 Å². The van der Waals surface area contributed by atoms with E-state index in [1.165, 1.54) is 0 Å². The van der Waals surface area contributed by atoms with Gasteiger partial charge in [0.05, 0.1) is 5.69 Å². The van der Waals surface area contributed by atoms with E-state index in [0.29, 0.717) is 0 Å². The van der Waals surface area contributed by atoms with Crippen molar-refractivity contribution < 1.29 is 0 Å². The van der Waals surface area contributed by atoms with Gasteiger partial charge in [0.1, 0.15) is 0 Å². The van der Waals surface area contributed by atoms with Crippen LogP contribution in [0.2, 0.25) is 0 Å². The monoisotopic (exact) mass is 377 g/mol. The van der Waals surface area contributed by atoms with Gasteiger partial charge in [-0.05, 0) is 60.8 Å². The summed E-state index contributed by atoms with van der Waals surface area (Å²) in [4.78, 5) is 0. The third kappa shape index (κ3) is 1.71. The molecule has 72 valence electrons. The standard InChI is InChI=1S/C10H6Br3N/c11-6-1-2-7-5(3-6)4-8(12)10(14)9(7)13/h1-4H,14H2. The van der Waals surface area contributed by atoms with Crippen LogP contribution in [0.15, 0.2) is 37.7 Å². The van der Waals surface area contributed by atoms with Crippen molar-refractivity contribution in [3.8, 4) is 0 Å². The SMILES string of the molecule is Nc1c(Br)cc2cc(Br)ccc2c1Br. The largest absolute Gasteiger partial charge is 0.397 e. The number of anilines is 1. The summed E-state index contributed by atoms with van der Waals surface area (Å²) in [6.45, 7) is 0. The van der Waals surface area contributed by atoms with E-state index in [-0.39, 0.29) is 0 Å². The Balaban J connectivity index is 2.91. The van der Waals surface area contributed by atoms with Gasteiger partial charge < -0.3 is 5.73 Å². The summed E-state index contributed by atoms with van der Waals surface area (Å²) in [5, 5.41) is 2.27. The molecule has 2 aromatic rings.